The molecule has 82 valence electrons. The molecule has 15 heavy (non-hydrogen) atoms. The summed E-state index contributed by atoms with van der Waals surface area (Å²) in [5.41, 5.74) is 7.79. The number of nitrogens with zero attached hydrogens (tertiary/aromatic N) is 1. The van der Waals surface area contributed by atoms with E-state index >= 15 is 0 Å². The van der Waals surface area contributed by atoms with Gasteiger partial charge in [0.25, 0.3) is 0 Å². The fourth-order valence-electron chi connectivity index (χ4n) is 2.21. The van der Waals surface area contributed by atoms with Gasteiger partial charge in [0, 0.05) is 36.1 Å². The largest absolute Gasteiger partial charge is 0.497 e. The van der Waals surface area contributed by atoms with Gasteiger partial charge in [0.15, 0.2) is 0 Å². The molecule has 0 saturated carbocycles. The molecule has 1 heterocycles. The van der Waals surface area contributed by atoms with Crippen molar-refractivity contribution in [2.24, 2.45) is 0 Å². The van der Waals surface area contributed by atoms with E-state index < -0.39 is 0 Å². The van der Waals surface area contributed by atoms with Gasteiger partial charge in [0.2, 0.25) is 0 Å². The second-order valence-corrected chi connectivity index (χ2v) is 4.15. The Morgan fingerprint density at radius 3 is 2.80 bits per heavy atom. The predicted octanol–water partition coefficient (Wildman–Crippen LogP) is 2.27. The molecule has 3 nitrogen and oxygen atoms in total. The number of nitrogens with two attached hydrogens (primary N) is 1. The molecule has 1 aliphatic rings. The standard InChI is InChI=1S/C12H18N2O/c1-9-4-3-5-14(9)11-6-10(13)7-12(8-11)15-2/h6-9H,3-5,13H2,1-2H3/t9-/m0/s1. The summed E-state index contributed by atoms with van der Waals surface area (Å²) in [6.07, 6.45) is 2.52. The van der Waals surface area contributed by atoms with Gasteiger partial charge in [-0.1, -0.05) is 0 Å². The Balaban J connectivity index is 2.30. The van der Waals surface area contributed by atoms with Crippen LogP contribution < -0.4 is 15.4 Å². The van der Waals surface area contributed by atoms with Crippen LogP contribution in [0.5, 0.6) is 5.75 Å². The SMILES string of the molecule is COc1cc(N)cc(N2CCC[C@@H]2C)c1. The van der Waals surface area contributed by atoms with Gasteiger partial charge in [-0.2, -0.15) is 0 Å². The van der Waals surface area contributed by atoms with E-state index in [0.717, 1.165) is 18.0 Å². The molecular formula is C12H18N2O. The van der Waals surface area contributed by atoms with Gasteiger partial charge in [0.1, 0.15) is 5.75 Å². The zero-order valence-electron chi connectivity index (χ0n) is 9.36. The van der Waals surface area contributed by atoms with Gasteiger partial charge >= 0.3 is 0 Å². The minimum absolute atomic E-state index is 0.608. The third-order valence-corrected chi connectivity index (χ3v) is 3.03. The maximum Gasteiger partial charge on any atom is 0.122 e. The van der Waals surface area contributed by atoms with Crippen LogP contribution in [0, 0.1) is 0 Å². The Labute approximate surface area is 90.8 Å². The lowest BCUT2D eigenvalue weighted by molar-refractivity contribution is 0.415. The molecule has 0 spiro atoms. The van der Waals surface area contributed by atoms with Gasteiger partial charge in [-0.3, -0.25) is 0 Å². The highest BCUT2D eigenvalue weighted by atomic mass is 16.5. The van der Waals surface area contributed by atoms with E-state index in [1.807, 2.05) is 12.1 Å². The molecule has 1 aromatic carbocycles. The van der Waals surface area contributed by atoms with Gasteiger partial charge in [-0.05, 0) is 25.8 Å². The molecule has 1 aromatic rings. The Morgan fingerprint density at radius 1 is 1.40 bits per heavy atom. The van der Waals surface area contributed by atoms with E-state index in [1.54, 1.807) is 7.11 Å². The smallest absolute Gasteiger partial charge is 0.122 e. The Bertz CT molecular complexity index is 351. The lowest BCUT2D eigenvalue weighted by Crippen LogP contribution is -2.26. The Kier molecular flexibility index (Phi) is 2.71. The summed E-state index contributed by atoms with van der Waals surface area (Å²) in [5, 5.41) is 0. The molecular weight excluding hydrogens is 188 g/mol. The highest BCUT2D eigenvalue weighted by molar-refractivity contribution is 5.61. The van der Waals surface area contributed by atoms with Crippen molar-refractivity contribution >= 4 is 11.4 Å². The minimum atomic E-state index is 0.608. The Morgan fingerprint density at radius 2 is 2.20 bits per heavy atom. The molecule has 2 rings (SSSR count). The summed E-state index contributed by atoms with van der Waals surface area (Å²) in [5.74, 6) is 0.837. The van der Waals surface area contributed by atoms with Crippen LogP contribution in [0.25, 0.3) is 0 Å². The molecule has 3 heteroatoms. The number of benzene rings is 1. The van der Waals surface area contributed by atoms with Gasteiger partial charge in [-0.15, -0.1) is 0 Å². The monoisotopic (exact) mass is 206 g/mol. The molecule has 1 aliphatic heterocycles. The van der Waals surface area contributed by atoms with E-state index in [1.165, 1.54) is 18.5 Å². The van der Waals surface area contributed by atoms with E-state index in [4.69, 9.17) is 10.5 Å². The van der Waals surface area contributed by atoms with Crippen LogP contribution >= 0.6 is 0 Å². The molecule has 0 unspecified atom stereocenters. The summed E-state index contributed by atoms with van der Waals surface area (Å²) >= 11 is 0. The molecule has 1 fully saturated rings. The summed E-state index contributed by atoms with van der Waals surface area (Å²) < 4.78 is 5.22. The third-order valence-electron chi connectivity index (χ3n) is 3.03. The summed E-state index contributed by atoms with van der Waals surface area (Å²) in [6.45, 7) is 3.37. The molecule has 0 radical (unpaired) electrons. The van der Waals surface area contributed by atoms with Crippen molar-refractivity contribution in [3.63, 3.8) is 0 Å². The van der Waals surface area contributed by atoms with E-state index in [-0.39, 0.29) is 0 Å². The highest BCUT2D eigenvalue weighted by Gasteiger charge is 2.20. The second kappa shape index (κ2) is 4.01. The lowest BCUT2D eigenvalue weighted by Gasteiger charge is -2.24. The molecule has 2 N–H and O–H groups in total. The van der Waals surface area contributed by atoms with Crippen LogP contribution in [-0.4, -0.2) is 19.7 Å². The zero-order valence-corrected chi connectivity index (χ0v) is 9.36. The first-order valence-electron chi connectivity index (χ1n) is 5.42. The lowest BCUT2D eigenvalue weighted by atomic mass is 10.2. The van der Waals surface area contributed by atoms with Crippen molar-refractivity contribution in [2.45, 2.75) is 25.8 Å². The van der Waals surface area contributed by atoms with Crippen LogP contribution in [0.1, 0.15) is 19.8 Å². The highest BCUT2D eigenvalue weighted by Crippen LogP contribution is 2.30. The first-order valence-corrected chi connectivity index (χ1v) is 5.42. The summed E-state index contributed by atoms with van der Waals surface area (Å²) in [7, 11) is 1.67. The Hall–Kier alpha value is -1.38. The van der Waals surface area contributed by atoms with Gasteiger partial charge in [0.05, 0.1) is 7.11 Å². The summed E-state index contributed by atoms with van der Waals surface area (Å²) in [4.78, 5) is 2.39. The van der Waals surface area contributed by atoms with Crippen LogP contribution in [0.3, 0.4) is 0 Å². The normalized spacial score (nSPS) is 20.7. The average Bonchev–Trinajstić information content (AvgIpc) is 2.63. The van der Waals surface area contributed by atoms with Crippen LogP contribution in [0.2, 0.25) is 0 Å². The molecule has 0 amide bonds. The quantitative estimate of drug-likeness (QED) is 0.754. The average molecular weight is 206 g/mol. The number of hydrogen-bond acceptors (Lipinski definition) is 3. The third kappa shape index (κ3) is 2.01. The van der Waals surface area contributed by atoms with E-state index in [2.05, 4.69) is 17.9 Å². The molecule has 0 bridgehead atoms. The topological polar surface area (TPSA) is 38.5 Å². The maximum atomic E-state index is 5.84. The molecule has 1 saturated heterocycles. The first-order chi connectivity index (χ1) is 7.20. The number of rotatable bonds is 2. The molecule has 0 aliphatic carbocycles. The van der Waals surface area contributed by atoms with Crippen molar-refractivity contribution in [2.75, 3.05) is 24.3 Å². The number of ether oxygens (including phenoxy) is 1. The van der Waals surface area contributed by atoms with Gasteiger partial charge < -0.3 is 15.4 Å². The number of anilines is 2. The number of methoxy groups -OCH3 is 1. The summed E-state index contributed by atoms with van der Waals surface area (Å²) in [6, 6.07) is 6.53. The predicted molar refractivity (Wildman–Crippen MR) is 63.4 cm³/mol. The first kappa shape index (κ1) is 10.1. The van der Waals surface area contributed by atoms with Crippen molar-refractivity contribution in [1.29, 1.82) is 0 Å². The zero-order chi connectivity index (χ0) is 10.8. The van der Waals surface area contributed by atoms with Crippen molar-refractivity contribution in [3.8, 4) is 5.75 Å². The molecule has 0 aromatic heterocycles. The van der Waals surface area contributed by atoms with Crippen molar-refractivity contribution in [3.05, 3.63) is 18.2 Å². The van der Waals surface area contributed by atoms with E-state index in [0.29, 0.717) is 6.04 Å². The van der Waals surface area contributed by atoms with Crippen molar-refractivity contribution in [1.82, 2.24) is 0 Å². The van der Waals surface area contributed by atoms with Gasteiger partial charge in [-0.25, -0.2) is 0 Å². The van der Waals surface area contributed by atoms with Crippen LogP contribution in [0.4, 0.5) is 11.4 Å². The minimum Gasteiger partial charge on any atom is -0.497 e. The maximum absolute atomic E-state index is 5.84. The fourth-order valence-corrected chi connectivity index (χ4v) is 2.21. The number of nitrogen functional groups attached to an aromatic ring is 1. The second-order valence-electron chi connectivity index (χ2n) is 4.15. The van der Waals surface area contributed by atoms with Crippen molar-refractivity contribution < 1.29 is 4.74 Å². The molecule has 1 atom stereocenters. The van der Waals surface area contributed by atoms with E-state index in [9.17, 15) is 0 Å². The van der Waals surface area contributed by atoms with Crippen LogP contribution in [0.15, 0.2) is 18.2 Å². The number of hydrogen-bond donors (Lipinski definition) is 1. The fraction of sp³-hybridized carbons (Fsp3) is 0.500. The van der Waals surface area contributed by atoms with Crippen LogP contribution in [-0.2, 0) is 0 Å².